The van der Waals surface area contributed by atoms with Gasteiger partial charge in [0.25, 0.3) is 5.69 Å². The lowest BCUT2D eigenvalue weighted by atomic mass is 10.1. The highest BCUT2D eigenvalue weighted by Crippen LogP contribution is 2.05. The van der Waals surface area contributed by atoms with Crippen LogP contribution in [0.2, 0.25) is 0 Å². The first kappa shape index (κ1) is 15.0. The highest BCUT2D eigenvalue weighted by atomic mass is 16.5. The molecule has 1 heterocycles. The quantitative estimate of drug-likeness (QED) is 0.636. The van der Waals surface area contributed by atoms with Gasteiger partial charge in [-0.3, -0.25) is 4.79 Å². The molecule has 0 spiro atoms. The monoisotopic (exact) mass is 286 g/mol. The first-order valence-corrected chi connectivity index (χ1v) is 6.84. The summed E-state index contributed by atoms with van der Waals surface area (Å²) in [6.45, 7) is 0.533. The number of benzene rings is 1. The molecule has 0 fully saturated rings. The number of rotatable bonds is 6. The van der Waals surface area contributed by atoms with Gasteiger partial charge in [0.1, 0.15) is 0 Å². The summed E-state index contributed by atoms with van der Waals surface area (Å²) >= 11 is 0. The molecule has 5 heteroatoms. The van der Waals surface area contributed by atoms with Crippen molar-refractivity contribution in [1.82, 2.24) is 4.90 Å². The van der Waals surface area contributed by atoms with E-state index in [1.807, 2.05) is 30.3 Å². The van der Waals surface area contributed by atoms with E-state index in [9.17, 15) is 10.0 Å². The minimum absolute atomic E-state index is 0.0685. The standard InChI is InChI=1S/C16H18N2O3/c19-13-12-17(11-9-14-6-2-1-3-7-14)16(20)15-8-4-5-10-18(15)21/h1-8,10,19H,9,11-13H2. The molecule has 0 atom stereocenters. The largest absolute Gasteiger partial charge is 0.618 e. The number of amides is 1. The van der Waals surface area contributed by atoms with Gasteiger partial charge < -0.3 is 15.2 Å². The Morgan fingerprint density at radius 2 is 1.81 bits per heavy atom. The molecule has 0 saturated heterocycles. The van der Waals surface area contributed by atoms with Crippen molar-refractivity contribution in [2.45, 2.75) is 6.42 Å². The van der Waals surface area contributed by atoms with Crippen LogP contribution in [0.25, 0.3) is 0 Å². The topological polar surface area (TPSA) is 67.5 Å². The molecule has 5 nitrogen and oxygen atoms in total. The Morgan fingerprint density at radius 3 is 2.48 bits per heavy atom. The van der Waals surface area contributed by atoms with Gasteiger partial charge in [0.2, 0.25) is 0 Å². The third-order valence-electron chi connectivity index (χ3n) is 3.21. The van der Waals surface area contributed by atoms with Gasteiger partial charge in [0, 0.05) is 25.2 Å². The Balaban J connectivity index is 2.08. The van der Waals surface area contributed by atoms with Crippen LogP contribution in [0.5, 0.6) is 0 Å². The minimum Gasteiger partial charge on any atom is -0.618 e. The second kappa shape index (κ2) is 7.40. The number of aromatic nitrogens is 1. The number of carbonyl (C=O) groups excluding carboxylic acids is 1. The van der Waals surface area contributed by atoms with Crippen molar-refractivity contribution < 1.29 is 14.6 Å². The molecule has 0 saturated carbocycles. The second-order valence-electron chi connectivity index (χ2n) is 4.66. The summed E-state index contributed by atoms with van der Waals surface area (Å²) in [7, 11) is 0. The Hall–Kier alpha value is -2.40. The van der Waals surface area contributed by atoms with Crippen molar-refractivity contribution >= 4 is 5.91 Å². The molecule has 21 heavy (non-hydrogen) atoms. The molecule has 1 amide bonds. The molecule has 2 aromatic rings. The SMILES string of the molecule is O=C(c1cccc[n+]1[O-])N(CCO)CCc1ccccc1. The number of pyridine rings is 1. The molecular formula is C16H18N2O3. The van der Waals surface area contributed by atoms with Crippen LogP contribution in [0.4, 0.5) is 0 Å². The van der Waals surface area contributed by atoms with E-state index < -0.39 is 0 Å². The Bertz CT molecular complexity index is 587. The zero-order valence-corrected chi connectivity index (χ0v) is 11.7. The molecule has 0 aliphatic heterocycles. The van der Waals surface area contributed by atoms with Crippen molar-refractivity contribution in [3.8, 4) is 0 Å². The maximum atomic E-state index is 12.4. The van der Waals surface area contributed by atoms with Crippen molar-refractivity contribution in [2.75, 3.05) is 19.7 Å². The summed E-state index contributed by atoms with van der Waals surface area (Å²) in [5.41, 5.74) is 1.18. The summed E-state index contributed by atoms with van der Waals surface area (Å²) in [5, 5.41) is 20.8. The Kier molecular flexibility index (Phi) is 5.29. The number of aliphatic hydroxyl groups is 1. The molecule has 1 aromatic heterocycles. The number of nitrogens with zero attached hydrogens (tertiary/aromatic N) is 2. The average Bonchev–Trinajstić information content (AvgIpc) is 2.52. The molecule has 0 unspecified atom stereocenters. The zero-order chi connectivity index (χ0) is 15.1. The summed E-state index contributed by atoms with van der Waals surface area (Å²) in [6.07, 6.45) is 1.97. The number of hydrogen-bond acceptors (Lipinski definition) is 3. The number of carbonyl (C=O) groups is 1. The van der Waals surface area contributed by atoms with E-state index >= 15 is 0 Å². The normalized spacial score (nSPS) is 10.3. The number of hydrogen-bond donors (Lipinski definition) is 1. The van der Waals surface area contributed by atoms with E-state index in [2.05, 4.69) is 0 Å². The predicted molar refractivity (Wildman–Crippen MR) is 78.5 cm³/mol. The predicted octanol–water partition coefficient (Wildman–Crippen LogP) is 0.997. The number of aliphatic hydroxyl groups excluding tert-OH is 1. The maximum absolute atomic E-state index is 12.4. The van der Waals surface area contributed by atoms with Gasteiger partial charge in [-0.15, -0.1) is 0 Å². The Labute approximate surface area is 123 Å². The summed E-state index contributed by atoms with van der Waals surface area (Å²) < 4.78 is 0.551. The summed E-state index contributed by atoms with van der Waals surface area (Å²) in [5.74, 6) is -0.365. The van der Waals surface area contributed by atoms with Crippen LogP contribution in [0, 0.1) is 5.21 Å². The highest BCUT2D eigenvalue weighted by molar-refractivity contribution is 5.90. The van der Waals surface area contributed by atoms with Gasteiger partial charge in [-0.05, 0) is 18.1 Å². The molecule has 1 aromatic carbocycles. The van der Waals surface area contributed by atoms with Crippen LogP contribution in [0.3, 0.4) is 0 Å². The van der Waals surface area contributed by atoms with Crippen molar-refractivity contribution in [3.05, 3.63) is 71.2 Å². The molecular weight excluding hydrogens is 268 g/mol. The highest BCUT2D eigenvalue weighted by Gasteiger charge is 2.22. The first-order valence-electron chi connectivity index (χ1n) is 6.84. The van der Waals surface area contributed by atoms with Crippen LogP contribution < -0.4 is 4.73 Å². The molecule has 0 aliphatic carbocycles. The first-order chi connectivity index (χ1) is 10.2. The third kappa shape index (κ3) is 4.03. The van der Waals surface area contributed by atoms with Crippen molar-refractivity contribution in [2.24, 2.45) is 0 Å². The van der Waals surface area contributed by atoms with E-state index in [0.29, 0.717) is 17.7 Å². The van der Waals surface area contributed by atoms with Crippen LogP contribution in [-0.2, 0) is 6.42 Å². The minimum atomic E-state index is -0.365. The average molecular weight is 286 g/mol. The fourth-order valence-corrected chi connectivity index (χ4v) is 2.10. The van der Waals surface area contributed by atoms with E-state index in [1.54, 1.807) is 12.1 Å². The van der Waals surface area contributed by atoms with E-state index in [0.717, 1.165) is 5.56 Å². The molecule has 0 aliphatic rings. The summed E-state index contributed by atoms with van der Waals surface area (Å²) in [4.78, 5) is 13.9. The van der Waals surface area contributed by atoms with Gasteiger partial charge in [0.05, 0.1) is 6.61 Å². The maximum Gasteiger partial charge on any atom is 0.320 e. The van der Waals surface area contributed by atoms with Crippen molar-refractivity contribution in [3.63, 3.8) is 0 Å². The van der Waals surface area contributed by atoms with Gasteiger partial charge in [-0.1, -0.05) is 30.3 Å². The van der Waals surface area contributed by atoms with Gasteiger partial charge >= 0.3 is 5.91 Å². The fraction of sp³-hybridized carbons (Fsp3) is 0.250. The van der Waals surface area contributed by atoms with Gasteiger partial charge in [-0.25, -0.2) is 0 Å². The molecule has 1 N–H and O–H groups in total. The van der Waals surface area contributed by atoms with Crippen molar-refractivity contribution in [1.29, 1.82) is 0 Å². The molecule has 2 rings (SSSR count). The lowest BCUT2D eigenvalue weighted by Gasteiger charge is -2.20. The lowest BCUT2D eigenvalue weighted by Crippen LogP contribution is -2.43. The van der Waals surface area contributed by atoms with Crippen LogP contribution in [0.1, 0.15) is 16.1 Å². The van der Waals surface area contributed by atoms with E-state index in [-0.39, 0.29) is 24.8 Å². The third-order valence-corrected chi connectivity index (χ3v) is 3.21. The van der Waals surface area contributed by atoms with E-state index in [1.165, 1.54) is 17.2 Å². The smallest absolute Gasteiger partial charge is 0.320 e. The zero-order valence-electron chi connectivity index (χ0n) is 11.7. The van der Waals surface area contributed by atoms with Gasteiger partial charge in [0.15, 0.2) is 6.20 Å². The van der Waals surface area contributed by atoms with Gasteiger partial charge in [-0.2, -0.15) is 4.73 Å². The molecule has 0 bridgehead atoms. The Morgan fingerprint density at radius 1 is 1.10 bits per heavy atom. The lowest BCUT2D eigenvalue weighted by molar-refractivity contribution is -0.608. The van der Waals surface area contributed by atoms with Crippen LogP contribution in [0.15, 0.2) is 54.7 Å². The van der Waals surface area contributed by atoms with Crippen LogP contribution in [-0.4, -0.2) is 35.6 Å². The molecule has 110 valence electrons. The molecule has 0 radical (unpaired) electrons. The summed E-state index contributed by atoms with van der Waals surface area (Å²) in [6, 6.07) is 14.5. The second-order valence-corrected chi connectivity index (χ2v) is 4.66. The fourth-order valence-electron chi connectivity index (χ4n) is 2.10. The van der Waals surface area contributed by atoms with Crippen LogP contribution >= 0.6 is 0 Å². The van der Waals surface area contributed by atoms with E-state index in [4.69, 9.17) is 5.11 Å².